The average molecular weight is 332 g/mol. The fourth-order valence-corrected chi connectivity index (χ4v) is 3.36. The van der Waals surface area contributed by atoms with Crippen molar-refractivity contribution in [3.05, 3.63) is 29.8 Å². The molecule has 0 unspecified atom stereocenters. The highest BCUT2D eigenvalue weighted by molar-refractivity contribution is 5.48. The standard InChI is InChI=1S/C23H41N/c1-4-6-8-10-12-14-19-24(20-15-13-11-9-7-5-2)23-18-16-17-22(3)21-23/h16-18,21H,4-15,19-20H2,1-3H3. The number of aryl methyl sites for hydroxylation is 1. The highest BCUT2D eigenvalue weighted by Gasteiger charge is 2.06. The van der Waals surface area contributed by atoms with Crippen LogP contribution < -0.4 is 4.90 Å². The highest BCUT2D eigenvalue weighted by atomic mass is 15.1. The molecule has 0 atom stereocenters. The van der Waals surface area contributed by atoms with Crippen molar-refractivity contribution in [3.63, 3.8) is 0 Å². The summed E-state index contributed by atoms with van der Waals surface area (Å²) in [4.78, 5) is 2.63. The molecule has 1 rings (SSSR count). The second kappa shape index (κ2) is 14.4. The minimum atomic E-state index is 1.23. The van der Waals surface area contributed by atoms with Gasteiger partial charge in [0.1, 0.15) is 0 Å². The van der Waals surface area contributed by atoms with E-state index in [-0.39, 0.29) is 0 Å². The molecule has 0 spiro atoms. The monoisotopic (exact) mass is 331 g/mol. The third-order valence-electron chi connectivity index (χ3n) is 4.93. The Hall–Kier alpha value is -0.980. The van der Waals surface area contributed by atoms with Crippen LogP contribution in [0.3, 0.4) is 0 Å². The number of hydrogen-bond donors (Lipinski definition) is 0. The largest absolute Gasteiger partial charge is 0.372 e. The Morgan fingerprint density at radius 1 is 0.667 bits per heavy atom. The molecular weight excluding hydrogens is 290 g/mol. The number of nitrogens with zero attached hydrogens (tertiary/aromatic N) is 1. The molecule has 0 aliphatic carbocycles. The van der Waals surface area contributed by atoms with E-state index in [1.165, 1.54) is 101 Å². The van der Waals surface area contributed by atoms with E-state index in [4.69, 9.17) is 0 Å². The molecule has 0 heterocycles. The summed E-state index contributed by atoms with van der Waals surface area (Å²) in [6.45, 7) is 9.24. The number of rotatable bonds is 15. The smallest absolute Gasteiger partial charge is 0.0368 e. The Bertz CT molecular complexity index is 383. The van der Waals surface area contributed by atoms with Crippen LogP contribution in [0.25, 0.3) is 0 Å². The predicted octanol–water partition coefficient (Wildman–Crippen LogP) is 7.52. The van der Waals surface area contributed by atoms with Crippen LogP contribution in [0.5, 0.6) is 0 Å². The van der Waals surface area contributed by atoms with Crippen LogP contribution in [0, 0.1) is 6.92 Å². The van der Waals surface area contributed by atoms with Gasteiger partial charge in [0, 0.05) is 18.8 Å². The maximum absolute atomic E-state index is 2.63. The first-order chi connectivity index (χ1) is 11.8. The second-order valence-electron chi connectivity index (χ2n) is 7.36. The molecule has 1 heteroatoms. The summed E-state index contributed by atoms with van der Waals surface area (Å²) in [7, 11) is 0. The van der Waals surface area contributed by atoms with Gasteiger partial charge in [0.05, 0.1) is 0 Å². The first kappa shape index (κ1) is 21.1. The second-order valence-corrected chi connectivity index (χ2v) is 7.36. The average Bonchev–Trinajstić information content (AvgIpc) is 2.59. The summed E-state index contributed by atoms with van der Waals surface area (Å²) in [5, 5.41) is 0. The lowest BCUT2D eigenvalue weighted by Crippen LogP contribution is -2.25. The third kappa shape index (κ3) is 10.0. The van der Waals surface area contributed by atoms with Gasteiger partial charge in [0.2, 0.25) is 0 Å². The van der Waals surface area contributed by atoms with Crippen molar-refractivity contribution in [2.24, 2.45) is 0 Å². The van der Waals surface area contributed by atoms with Crippen LogP contribution in [0.2, 0.25) is 0 Å². The summed E-state index contributed by atoms with van der Waals surface area (Å²) < 4.78 is 0. The van der Waals surface area contributed by atoms with Gasteiger partial charge >= 0.3 is 0 Å². The van der Waals surface area contributed by atoms with Gasteiger partial charge in [-0.2, -0.15) is 0 Å². The Labute approximate surface area is 151 Å². The van der Waals surface area contributed by atoms with Gasteiger partial charge < -0.3 is 4.90 Å². The Balaban J connectivity index is 2.36. The molecule has 0 saturated heterocycles. The SMILES string of the molecule is CCCCCCCCN(CCCCCCCC)c1cccc(C)c1. The summed E-state index contributed by atoms with van der Waals surface area (Å²) in [6, 6.07) is 9.06. The van der Waals surface area contributed by atoms with Gasteiger partial charge in [-0.15, -0.1) is 0 Å². The van der Waals surface area contributed by atoms with Crippen LogP contribution in [0.4, 0.5) is 5.69 Å². The highest BCUT2D eigenvalue weighted by Crippen LogP contribution is 2.18. The zero-order valence-electron chi connectivity index (χ0n) is 16.7. The lowest BCUT2D eigenvalue weighted by Gasteiger charge is -2.25. The van der Waals surface area contributed by atoms with Crippen LogP contribution in [0.15, 0.2) is 24.3 Å². The van der Waals surface area contributed by atoms with Gasteiger partial charge in [0.25, 0.3) is 0 Å². The maximum Gasteiger partial charge on any atom is 0.0368 e. The number of benzene rings is 1. The summed E-state index contributed by atoms with van der Waals surface area (Å²) in [5.74, 6) is 0. The van der Waals surface area contributed by atoms with Gasteiger partial charge in [-0.1, -0.05) is 90.2 Å². The van der Waals surface area contributed by atoms with E-state index in [1.807, 2.05) is 0 Å². The minimum Gasteiger partial charge on any atom is -0.372 e. The van der Waals surface area contributed by atoms with Crippen molar-refractivity contribution in [2.75, 3.05) is 18.0 Å². The fourth-order valence-electron chi connectivity index (χ4n) is 3.36. The molecule has 0 radical (unpaired) electrons. The topological polar surface area (TPSA) is 3.24 Å². The van der Waals surface area contributed by atoms with Crippen molar-refractivity contribution in [1.82, 2.24) is 0 Å². The quantitative estimate of drug-likeness (QED) is 0.300. The number of hydrogen-bond acceptors (Lipinski definition) is 1. The lowest BCUT2D eigenvalue weighted by molar-refractivity contribution is 0.575. The number of anilines is 1. The molecule has 1 aromatic carbocycles. The molecule has 0 N–H and O–H groups in total. The molecular formula is C23H41N. The first-order valence-corrected chi connectivity index (χ1v) is 10.6. The first-order valence-electron chi connectivity index (χ1n) is 10.6. The van der Waals surface area contributed by atoms with E-state index < -0.39 is 0 Å². The molecule has 1 aromatic rings. The van der Waals surface area contributed by atoms with E-state index in [1.54, 1.807) is 0 Å². The molecule has 0 fully saturated rings. The molecule has 138 valence electrons. The number of unbranched alkanes of at least 4 members (excludes halogenated alkanes) is 10. The third-order valence-corrected chi connectivity index (χ3v) is 4.93. The van der Waals surface area contributed by atoms with Crippen LogP contribution in [-0.2, 0) is 0 Å². The Morgan fingerprint density at radius 3 is 1.67 bits per heavy atom. The summed E-state index contributed by atoms with van der Waals surface area (Å²) in [6.07, 6.45) is 16.6. The van der Waals surface area contributed by atoms with E-state index in [0.29, 0.717) is 0 Å². The van der Waals surface area contributed by atoms with Crippen molar-refractivity contribution in [1.29, 1.82) is 0 Å². The lowest BCUT2D eigenvalue weighted by atomic mass is 10.1. The molecule has 1 nitrogen and oxygen atoms in total. The Morgan fingerprint density at radius 2 is 1.17 bits per heavy atom. The Kier molecular flexibility index (Phi) is 12.6. The molecule has 0 amide bonds. The van der Waals surface area contributed by atoms with E-state index in [2.05, 4.69) is 49.9 Å². The molecule has 0 saturated carbocycles. The summed E-state index contributed by atoms with van der Waals surface area (Å²) >= 11 is 0. The van der Waals surface area contributed by atoms with Crippen molar-refractivity contribution in [3.8, 4) is 0 Å². The van der Waals surface area contributed by atoms with Crippen molar-refractivity contribution < 1.29 is 0 Å². The van der Waals surface area contributed by atoms with Gasteiger partial charge in [0.15, 0.2) is 0 Å². The molecule has 0 bridgehead atoms. The molecule has 0 aliphatic rings. The van der Waals surface area contributed by atoms with Crippen LogP contribution >= 0.6 is 0 Å². The van der Waals surface area contributed by atoms with Gasteiger partial charge in [-0.25, -0.2) is 0 Å². The molecule has 24 heavy (non-hydrogen) atoms. The van der Waals surface area contributed by atoms with Crippen molar-refractivity contribution in [2.45, 2.75) is 97.8 Å². The van der Waals surface area contributed by atoms with Gasteiger partial charge in [-0.05, 0) is 37.5 Å². The zero-order valence-corrected chi connectivity index (χ0v) is 16.7. The molecule has 0 aliphatic heterocycles. The minimum absolute atomic E-state index is 1.23. The summed E-state index contributed by atoms with van der Waals surface area (Å²) in [5.41, 5.74) is 2.81. The van der Waals surface area contributed by atoms with Gasteiger partial charge in [-0.3, -0.25) is 0 Å². The van der Waals surface area contributed by atoms with Crippen molar-refractivity contribution >= 4 is 5.69 Å². The normalized spacial score (nSPS) is 11.0. The zero-order chi connectivity index (χ0) is 17.5. The van der Waals surface area contributed by atoms with E-state index >= 15 is 0 Å². The predicted molar refractivity (Wildman–Crippen MR) is 110 cm³/mol. The fraction of sp³-hybridized carbons (Fsp3) is 0.739. The van der Waals surface area contributed by atoms with E-state index in [0.717, 1.165) is 0 Å². The molecule has 0 aromatic heterocycles. The van der Waals surface area contributed by atoms with E-state index in [9.17, 15) is 0 Å². The maximum atomic E-state index is 2.63. The van der Waals surface area contributed by atoms with Crippen LogP contribution in [-0.4, -0.2) is 13.1 Å². The van der Waals surface area contributed by atoms with Crippen LogP contribution in [0.1, 0.15) is 96.5 Å².